The van der Waals surface area contributed by atoms with Crippen LogP contribution >= 0.6 is 0 Å². The first-order valence-electron chi connectivity index (χ1n) is 6.89. The number of phenols is 1. The molecule has 0 bridgehead atoms. The third kappa shape index (κ3) is 5.24. The minimum atomic E-state index is -0.377. The minimum Gasteiger partial charge on any atom is -0.507 e. The predicted molar refractivity (Wildman–Crippen MR) is 80.6 cm³/mol. The van der Waals surface area contributed by atoms with Gasteiger partial charge < -0.3 is 19.9 Å². The lowest BCUT2D eigenvalue weighted by atomic mass is 10.1. The molecule has 6 heteroatoms. The van der Waals surface area contributed by atoms with Crippen LogP contribution in [0.2, 0.25) is 0 Å². The number of carbonyl (C=O) groups excluding carboxylic acids is 1. The van der Waals surface area contributed by atoms with Crippen LogP contribution < -0.4 is 15.4 Å². The molecule has 118 valence electrons. The molecular formula is C15H24N2O4. The molecule has 1 aromatic carbocycles. The second kappa shape index (κ2) is 8.49. The SMILES string of the molecule is COCCNC(=O)C(C)NC(C)c1ccc(OC)cc1O. The average molecular weight is 296 g/mol. The molecular weight excluding hydrogens is 272 g/mol. The molecule has 0 radical (unpaired) electrons. The summed E-state index contributed by atoms with van der Waals surface area (Å²) in [5, 5.41) is 15.9. The molecule has 0 saturated heterocycles. The van der Waals surface area contributed by atoms with Crippen molar-refractivity contribution >= 4 is 5.91 Å². The number of hydrogen-bond donors (Lipinski definition) is 3. The molecule has 0 aliphatic heterocycles. The topological polar surface area (TPSA) is 79.8 Å². The summed E-state index contributed by atoms with van der Waals surface area (Å²) < 4.78 is 9.93. The third-order valence-corrected chi connectivity index (χ3v) is 3.20. The second-order valence-corrected chi connectivity index (χ2v) is 4.82. The number of amides is 1. The van der Waals surface area contributed by atoms with Gasteiger partial charge in [-0.05, 0) is 19.9 Å². The summed E-state index contributed by atoms with van der Waals surface area (Å²) in [4.78, 5) is 11.9. The number of methoxy groups -OCH3 is 2. The molecule has 2 atom stereocenters. The molecule has 3 N–H and O–H groups in total. The van der Waals surface area contributed by atoms with Crippen molar-refractivity contribution < 1.29 is 19.4 Å². The first-order chi connectivity index (χ1) is 9.99. The zero-order valence-electron chi connectivity index (χ0n) is 13.0. The quantitative estimate of drug-likeness (QED) is 0.628. The molecule has 0 fully saturated rings. The van der Waals surface area contributed by atoms with E-state index in [0.29, 0.717) is 24.5 Å². The van der Waals surface area contributed by atoms with Crippen molar-refractivity contribution in [2.45, 2.75) is 25.9 Å². The normalized spacial score (nSPS) is 13.5. The van der Waals surface area contributed by atoms with E-state index in [1.807, 2.05) is 6.92 Å². The van der Waals surface area contributed by atoms with E-state index >= 15 is 0 Å². The van der Waals surface area contributed by atoms with Crippen molar-refractivity contribution in [1.29, 1.82) is 0 Å². The molecule has 0 saturated carbocycles. The van der Waals surface area contributed by atoms with Gasteiger partial charge in [0, 0.05) is 31.3 Å². The maximum atomic E-state index is 11.9. The van der Waals surface area contributed by atoms with Crippen molar-refractivity contribution in [3.63, 3.8) is 0 Å². The third-order valence-electron chi connectivity index (χ3n) is 3.20. The smallest absolute Gasteiger partial charge is 0.236 e. The summed E-state index contributed by atoms with van der Waals surface area (Å²) in [5.41, 5.74) is 0.715. The van der Waals surface area contributed by atoms with Gasteiger partial charge in [0.25, 0.3) is 0 Å². The van der Waals surface area contributed by atoms with Crippen LogP contribution in [0.4, 0.5) is 0 Å². The van der Waals surface area contributed by atoms with Gasteiger partial charge in [0.1, 0.15) is 11.5 Å². The number of ether oxygens (including phenoxy) is 2. The highest BCUT2D eigenvalue weighted by atomic mass is 16.5. The van der Waals surface area contributed by atoms with Crippen LogP contribution in [0.5, 0.6) is 11.5 Å². The fourth-order valence-corrected chi connectivity index (χ4v) is 1.99. The summed E-state index contributed by atoms with van der Waals surface area (Å²) in [6, 6.07) is 4.56. The lowest BCUT2D eigenvalue weighted by Gasteiger charge is -2.21. The van der Waals surface area contributed by atoms with Gasteiger partial charge in [0.05, 0.1) is 19.8 Å². The lowest BCUT2D eigenvalue weighted by molar-refractivity contribution is -0.123. The van der Waals surface area contributed by atoms with Gasteiger partial charge in [0.2, 0.25) is 5.91 Å². The lowest BCUT2D eigenvalue weighted by Crippen LogP contribution is -2.44. The monoisotopic (exact) mass is 296 g/mol. The molecule has 0 spiro atoms. The number of rotatable bonds is 8. The summed E-state index contributed by atoms with van der Waals surface area (Å²) in [5.74, 6) is 0.627. The summed E-state index contributed by atoms with van der Waals surface area (Å²) in [6.07, 6.45) is 0. The summed E-state index contributed by atoms with van der Waals surface area (Å²) >= 11 is 0. The maximum Gasteiger partial charge on any atom is 0.236 e. The number of phenolic OH excluding ortho intramolecular Hbond substituents is 1. The first-order valence-corrected chi connectivity index (χ1v) is 6.89. The van der Waals surface area contributed by atoms with Crippen LogP contribution in [-0.2, 0) is 9.53 Å². The van der Waals surface area contributed by atoms with Crippen molar-refractivity contribution in [1.82, 2.24) is 10.6 Å². The first kappa shape index (κ1) is 17.3. The van der Waals surface area contributed by atoms with Crippen LogP contribution in [0, 0.1) is 0 Å². The Bertz CT molecular complexity index is 465. The minimum absolute atomic E-state index is 0.105. The highest BCUT2D eigenvalue weighted by molar-refractivity contribution is 5.81. The van der Waals surface area contributed by atoms with E-state index in [9.17, 15) is 9.90 Å². The molecule has 2 unspecified atom stereocenters. The van der Waals surface area contributed by atoms with E-state index in [0.717, 1.165) is 0 Å². The number of nitrogens with one attached hydrogen (secondary N) is 2. The number of aromatic hydroxyl groups is 1. The molecule has 1 aromatic rings. The van der Waals surface area contributed by atoms with E-state index in [2.05, 4.69) is 10.6 Å². The Hall–Kier alpha value is -1.79. The van der Waals surface area contributed by atoms with Crippen molar-refractivity contribution in [2.75, 3.05) is 27.4 Å². The maximum absolute atomic E-state index is 11.9. The van der Waals surface area contributed by atoms with Crippen molar-refractivity contribution in [3.8, 4) is 11.5 Å². The zero-order chi connectivity index (χ0) is 15.8. The fourth-order valence-electron chi connectivity index (χ4n) is 1.99. The van der Waals surface area contributed by atoms with Gasteiger partial charge in [-0.25, -0.2) is 0 Å². The molecule has 21 heavy (non-hydrogen) atoms. The van der Waals surface area contributed by atoms with E-state index in [1.165, 1.54) is 0 Å². The Morgan fingerprint density at radius 1 is 1.33 bits per heavy atom. The van der Waals surface area contributed by atoms with Crippen molar-refractivity contribution in [2.24, 2.45) is 0 Å². The molecule has 1 rings (SSSR count). The summed E-state index contributed by atoms with van der Waals surface area (Å²) in [6.45, 7) is 4.62. The van der Waals surface area contributed by atoms with Crippen LogP contribution in [0.3, 0.4) is 0 Å². The molecule has 0 aromatic heterocycles. The van der Waals surface area contributed by atoms with E-state index < -0.39 is 0 Å². The fraction of sp³-hybridized carbons (Fsp3) is 0.533. The highest BCUT2D eigenvalue weighted by Crippen LogP contribution is 2.28. The van der Waals surface area contributed by atoms with Crippen LogP contribution in [-0.4, -0.2) is 44.4 Å². The number of carbonyl (C=O) groups is 1. The predicted octanol–water partition coefficient (Wildman–Crippen LogP) is 1.20. The van der Waals surface area contributed by atoms with Gasteiger partial charge in [0.15, 0.2) is 0 Å². The van der Waals surface area contributed by atoms with Crippen molar-refractivity contribution in [3.05, 3.63) is 23.8 Å². The second-order valence-electron chi connectivity index (χ2n) is 4.82. The molecule has 0 aliphatic carbocycles. The van der Waals surface area contributed by atoms with Gasteiger partial charge >= 0.3 is 0 Å². The Balaban J connectivity index is 2.59. The average Bonchev–Trinajstić information content (AvgIpc) is 2.46. The largest absolute Gasteiger partial charge is 0.507 e. The Morgan fingerprint density at radius 2 is 2.05 bits per heavy atom. The standard InChI is InChI=1S/C15H24N2O4/c1-10(13-6-5-12(21-4)9-14(13)18)17-11(2)15(19)16-7-8-20-3/h5-6,9-11,17-18H,7-8H2,1-4H3,(H,16,19). The van der Waals surface area contributed by atoms with Crippen LogP contribution in [0.1, 0.15) is 25.5 Å². The van der Waals surface area contributed by atoms with E-state index in [1.54, 1.807) is 39.3 Å². The van der Waals surface area contributed by atoms with Crippen LogP contribution in [0.15, 0.2) is 18.2 Å². The molecule has 0 heterocycles. The van der Waals surface area contributed by atoms with Gasteiger partial charge in [-0.3, -0.25) is 10.1 Å². The number of benzene rings is 1. The molecule has 0 aliphatic rings. The van der Waals surface area contributed by atoms with Gasteiger partial charge in [-0.15, -0.1) is 0 Å². The molecule has 6 nitrogen and oxygen atoms in total. The van der Waals surface area contributed by atoms with E-state index in [4.69, 9.17) is 9.47 Å². The van der Waals surface area contributed by atoms with E-state index in [-0.39, 0.29) is 23.7 Å². The summed E-state index contributed by atoms with van der Waals surface area (Å²) in [7, 11) is 3.13. The van der Waals surface area contributed by atoms with Gasteiger partial charge in [-0.1, -0.05) is 6.07 Å². The highest BCUT2D eigenvalue weighted by Gasteiger charge is 2.18. The Labute approximate surface area is 125 Å². The Kier molecular flexibility index (Phi) is 6.98. The molecule has 1 amide bonds. The number of hydrogen-bond acceptors (Lipinski definition) is 5. The Morgan fingerprint density at radius 3 is 2.62 bits per heavy atom. The zero-order valence-corrected chi connectivity index (χ0v) is 13.0. The van der Waals surface area contributed by atoms with Crippen LogP contribution in [0.25, 0.3) is 0 Å². The van der Waals surface area contributed by atoms with Gasteiger partial charge in [-0.2, -0.15) is 0 Å².